The number of hydrogen-bond acceptors (Lipinski definition) is 4. The van der Waals surface area contributed by atoms with Crippen LogP contribution in [0.4, 0.5) is 5.69 Å². The minimum atomic E-state index is -1.21. The van der Waals surface area contributed by atoms with E-state index in [-0.39, 0.29) is 17.4 Å². The Morgan fingerprint density at radius 1 is 1.08 bits per heavy atom. The van der Waals surface area contributed by atoms with E-state index in [4.69, 9.17) is 0 Å². The maximum absolute atomic E-state index is 13.4. The molecule has 2 aliphatic rings. The molecule has 5 heteroatoms. The fourth-order valence-electron chi connectivity index (χ4n) is 5.02. The number of hydrogen-bond donors (Lipinski definition) is 2. The van der Waals surface area contributed by atoms with Gasteiger partial charge in [0.15, 0.2) is 5.78 Å². The molecule has 2 atom stereocenters. The topological polar surface area (TPSA) is 78.8 Å². The van der Waals surface area contributed by atoms with Crippen LogP contribution in [0, 0.1) is 16.2 Å². The first kappa shape index (κ1) is 16.8. The van der Waals surface area contributed by atoms with E-state index in [2.05, 4.69) is 10.5 Å². The molecule has 0 radical (unpaired) electrons. The number of amides is 1. The van der Waals surface area contributed by atoms with Crippen molar-refractivity contribution in [3.05, 3.63) is 42.5 Å². The largest absolute Gasteiger partial charge is 0.411 e. The SMILES string of the molecule is CC12CCC(C(=O)Nc3cccc4ccccc34)(C(=O)C1=NO)C2(C)C. The third kappa shape index (κ3) is 1.73. The summed E-state index contributed by atoms with van der Waals surface area (Å²) in [5.41, 5.74) is -1.63. The van der Waals surface area contributed by atoms with Gasteiger partial charge in [-0.1, -0.05) is 62.3 Å². The van der Waals surface area contributed by atoms with Gasteiger partial charge < -0.3 is 10.5 Å². The molecule has 26 heavy (non-hydrogen) atoms. The van der Waals surface area contributed by atoms with Gasteiger partial charge in [-0.2, -0.15) is 0 Å². The van der Waals surface area contributed by atoms with Crippen molar-refractivity contribution in [3.63, 3.8) is 0 Å². The van der Waals surface area contributed by atoms with Crippen molar-refractivity contribution in [1.82, 2.24) is 0 Å². The van der Waals surface area contributed by atoms with Crippen LogP contribution in [0.15, 0.2) is 47.6 Å². The van der Waals surface area contributed by atoms with Crippen LogP contribution in [0.3, 0.4) is 0 Å². The Bertz CT molecular complexity index is 973. The van der Waals surface area contributed by atoms with E-state index in [0.29, 0.717) is 18.5 Å². The number of rotatable bonds is 2. The summed E-state index contributed by atoms with van der Waals surface area (Å²) in [4.78, 5) is 26.5. The van der Waals surface area contributed by atoms with E-state index in [9.17, 15) is 14.8 Å². The standard InChI is InChI=1S/C21H22N2O3/c1-19(2)20(3)11-12-21(19,17(24)16(20)23-26)18(25)22-15-10-6-8-13-7-4-5-9-14(13)15/h4-10,26H,11-12H2,1-3H3,(H,22,25). The first-order valence-electron chi connectivity index (χ1n) is 8.86. The Labute approximate surface area is 152 Å². The monoisotopic (exact) mass is 350 g/mol. The van der Waals surface area contributed by atoms with Crippen molar-refractivity contribution in [3.8, 4) is 0 Å². The van der Waals surface area contributed by atoms with Gasteiger partial charge in [0.05, 0.1) is 0 Å². The summed E-state index contributed by atoms with van der Waals surface area (Å²) in [6.45, 7) is 5.78. The molecule has 134 valence electrons. The Morgan fingerprint density at radius 2 is 1.77 bits per heavy atom. The maximum atomic E-state index is 13.4. The molecule has 2 N–H and O–H groups in total. The number of benzene rings is 2. The zero-order valence-electron chi connectivity index (χ0n) is 15.2. The Morgan fingerprint density at radius 3 is 2.46 bits per heavy atom. The first-order chi connectivity index (χ1) is 12.3. The summed E-state index contributed by atoms with van der Waals surface area (Å²) < 4.78 is 0. The highest BCUT2D eigenvalue weighted by atomic mass is 16.4. The lowest BCUT2D eigenvalue weighted by Gasteiger charge is -2.37. The molecular weight excluding hydrogens is 328 g/mol. The average molecular weight is 350 g/mol. The number of oxime groups is 1. The Hall–Kier alpha value is -2.69. The van der Waals surface area contributed by atoms with E-state index in [1.54, 1.807) is 0 Å². The molecule has 0 saturated heterocycles. The first-order valence-corrected chi connectivity index (χ1v) is 8.86. The summed E-state index contributed by atoms with van der Waals surface area (Å²) in [5.74, 6) is -0.664. The van der Waals surface area contributed by atoms with Crippen molar-refractivity contribution in [2.75, 3.05) is 5.32 Å². The number of carbonyl (C=O) groups excluding carboxylic acids is 2. The Kier molecular flexibility index (Phi) is 3.33. The molecule has 0 spiro atoms. The normalized spacial score (nSPS) is 30.9. The lowest BCUT2D eigenvalue weighted by Crippen LogP contribution is -2.47. The van der Waals surface area contributed by atoms with Crippen LogP contribution < -0.4 is 5.32 Å². The Balaban J connectivity index is 1.80. The van der Waals surface area contributed by atoms with Crippen LogP contribution in [0.2, 0.25) is 0 Å². The highest BCUT2D eigenvalue weighted by Crippen LogP contribution is 2.69. The van der Waals surface area contributed by atoms with Crippen molar-refractivity contribution >= 4 is 33.9 Å². The van der Waals surface area contributed by atoms with Crippen LogP contribution in [-0.2, 0) is 9.59 Å². The van der Waals surface area contributed by atoms with Crippen LogP contribution in [0.25, 0.3) is 10.8 Å². The third-order valence-corrected chi connectivity index (χ3v) is 7.10. The summed E-state index contributed by atoms with van der Waals surface area (Å²) in [5, 5.41) is 17.7. The molecule has 0 aromatic heterocycles. The van der Waals surface area contributed by atoms with E-state index < -0.39 is 16.2 Å². The number of anilines is 1. The van der Waals surface area contributed by atoms with Crippen molar-refractivity contribution < 1.29 is 14.8 Å². The second-order valence-electron chi connectivity index (χ2n) is 8.12. The number of fused-ring (bicyclic) bond motifs is 3. The molecule has 0 heterocycles. The molecule has 2 aliphatic carbocycles. The summed E-state index contributed by atoms with van der Waals surface area (Å²) in [6.07, 6.45) is 1.11. The molecule has 2 saturated carbocycles. The number of nitrogens with zero attached hydrogens (tertiary/aromatic N) is 1. The average Bonchev–Trinajstić information content (AvgIpc) is 2.90. The zero-order chi connectivity index (χ0) is 18.7. The van der Waals surface area contributed by atoms with Crippen molar-refractivity contribution in [2.24, 2.45) is 21.4 Å². The van der Waals surface area contributed by atoms with Gasteiger partial charge in [0.2, 0.25) is 5.91 Å². The maximum Gasteiger partial charge on any atom is 0.239 e. The van der Waals surface area contributed by atoms with Gasteiger partial charge in [-0.3, -0.25) is 9.59 Å². The molecule has 2 aromatic rings. The zero-order valence-corrected chi connectivity index (χ0v) is 15.2. The smallest absolute Gasteiger partial charge is 0.239 e. The summed E-state index contributed by atoms with van der Waals surface area (Å²) in [6, 6.07) is 13.5. The fourth-order valence-corrected chi connectivity index (χ4v) is 5.02. The minimum Gasteiger partial charge on any atom is -0.411 e. The molecule has 2 unspecified atom stereocenters. The molecule has 1 amide bonds. The summed E-state index contributed by atoms with van der Waals surface area (Å²) >= 11 is 0. The highest BCUT2D eigenvalue weighted by molar-refractivity contribution is 6.51. The van der Waals surface area contributed by atoms with Crippen LogP contribution in [0.1, 0.15) is 33.6 Å². The van der Waals surface area contributed by atoms with E-state index in [1.807, 2.05) is 63.2 Å². The third-order valence-electron chi connectivity index (χ3n) is 7.10. The van der Waals surface area contributed by atoms with Gasteiger partial charge in [-0.05, 0) is 29.7 Å². The molecule has 5 nitrogen and oxygen atoms in total. The lowest BCUT2D eigenvalue weighted by atomic mass is 9.64. The number of carbonyl (C=O) groups is 2. The number of Topliss-reactive ketones (excluding diaryl/α,β-unsaturated/α-hetero) is 1. The van der Waals surface area contributed by atoms with Gasteiger partial charge in [-0.15, -0.1) is 0 Å². The predicted octanol–water partition coefficient (Wildman–Crippen LogP) is 4.00. The minimum absolute atomic E-state index is 0.127. The van der Waals surface area contributed by atoms with E-state index in [1.165, 1.54) is 0 Å². The van der Waals surface area contributed by atoms with Crippen molar-refractivity contribution in [2.45, 2.75) is 33.6 Å². The highest BCUT2D eigenvalue weighted by Gasteiger charge is 2.76. The van der Waals surface area contributed by atoms with Crippen molar-refractivity contribution in [1.29, 1.82) is 0 Å². The fraction of sp³-hybridized carbons (Fsp3) is 0.381. The molecule has 4 rings (SSSR count). The van der Waals surface area contributed by atoms with Crippen LogP contribution in [0.5, 0.6) is 0 Å². The van der Waals surface area contributed by atoms with Gasteiger partial charge in [0.25, 0.3) is 0 Å². The second-order valence-corrected chi connectivity index (χ2v) is 8.12. The van der Waals surface area contributed by atoms with Crippen LogP contribution in [-0.4, -0.2) is 22.6 Å². The van der Waals surface area contributed by atoms with Gasteiger partial charge >= 0.3 is 0 Å². The molecule has 2 aromatic carbocycles. The quantitative estimate of drug-likeness (QED) is 0.488. The lowest BCUT2D eigenvalue weighted by molar-refractivity contribution is -0.140. The van der Waals surface area contributed by atoms with Gasteiger partial charge in [-0.25, -0.2) is 0 Å². The number of ketones is 1. The summed E-state index contributed by atoms with van der Waals surface area (Å²) in [7, 11) is 0. The van der Waals surface area contributed by atoms with E-state index in [0.717, 1.165) is 10.8 Å². The van der Waals surface area contributed by atoms with Gasteiger partial charge in [0, 0.05) is 16.5 Å². The number of nitrogens with one attached hydrogen (secondary N) is 1. The second kappa shape index (κ2) is 5.16. The van der Waals surface area contributed by atoms with Crippen LogP contribution >= 0.6 is 0 Å². The molecule has 0 aliphatic heterocycles. The predicted molar refractivity (Wildman–Crippen MR) is 100 cm³/mol. The van der Waals surface area contributed by atoms with Gasteiger partial charge in [0.1, 0.15) is 11.1 Å². The molecular formula is C21H22N2O3. The molecule has 2 fully saturated rings. The van der Waals surface area contributed by atoms with E-state index >= 15 is 0 Å². The molecule has 2 bridgehead atoms.